The Morgan fingerprint density at radius 2 is 1.95 bits per heavy atom. The van der Waals surface area contributed by atoms with E-state index in [1.54, 1.807) is 6.92 Å². The number of nitrogens with zero attached hydrogens (tertiary/aromatic N) is 2. The number of piperidine rings is 1. The molecule has 0 bridgehead atoms. The van der Waals surface area contributed by atoms with E-state index in [1.165, 1.54) is 0 Å². The summed E-state index contributed by atoms with van der Waals surface area (Å²) in [5, 5.41) is 3.77. The summed E-state index contributed by atoms with van der Waals surface area (Å²) in [4.78, 5) is 17.2. The number of carbonyl (C=O) groups is 1. The maximum atomic E-state index is 10.9. The lowest BCUT2D eigenvalue weighted by atomic mass is 9.96. The van der Waals surface area contributed by atoms with Crippen LogP contribution in [0.2, 0.25) is 10.3 Å². The molecule has 0 atom stereocenters. The zero-order valence-electron chi connectivity index (χ0n) is 11.5. The van der Waals surface area contributed by atoms with Crippen molar-refractivity contribution in [3.8, 4) is 0 Å². The summed E-state index contributed by atoms with van der Waals surface area (Å²) in [7, 11) is 0. The van der Waals surface area contributed by atoms with Crippen molar-refractivity contribution in [1.82, 2.24) is 15.2 Å². The molecule has 0 spiro atoms. The zero-order chi connectivity index (χ0) is 14.5. The average Bonchev–Trinajstić information content (AvgIpc) is 2.36. The summed E-state index contributed by atoms with van der Waals surface area (Å²) in [6, 6.07) is 3.72. The summed E-state index contributed by atoms with van der Waals surface area (Å²) in [5.74, 6) is 0.633. The van der Waals surface area contributed by atoms with Gasteiger partial charge in [0.15, 0.2) is 0 Å². The Bertz CT molecular complexity index is 453. The minimum absolute atomic E-state index is 0.0495. The molecule has 110 valence electrons. The number of nitrogens with one attached hydrogen (secondary N) is 1. The molecule has 6 heteroatoms. The second-order valence-corrected chi connectivity index (χ2v) is 6.05. The first kappa shape index (κ1) is 15.5. The van der Waals surface area contributed by atoms with Crippen molar-refractivity contribution in [2.24, 2.45) is 5.92 Å². The number of rotatable bonds is 4. The van der Waals surface area contributed by atoms with Crippen LogP contribution in [0.1, 0.15) is 25.3 Å². The number of hydrogen-bond acceptors (Lipinski definition) is 3. The SMILES string of the molecule is CC(=O)NCC1CCN(Cc2cc(Cl)nc(Cl)c2)CC1. The summed E-state index contributed by atoms with van der Waals surface area (Å²) in [6.45, 7) is 5.25. The van der Waals surface area contributed by atoms with Crippen LogP contribution in [0.25, 0.3) is 0 Å². The van der Waals surface area contributed by atoms with Crippen LogP contribution in [0.15, 0.2) is 12.1 Å². The average molecular weight is 316 g/mol. The smallest absolute Gasteiger partial charge is 0.216 e. The first-order valence-electron chi connectivity index (χ1n) is 6.81. The van der Waals surface area contributed by atoms with Crippen molar-refractivity contribution in [3.63, 3.8) is 0 Å². The normalized spacial score (nSPS) is 17.1. The molecule has 2 rings (SSSR count). The summed E-state index contributed by atoms with van der Waals surface area (Å²) >= 11 is 11.8. The van der Waals surface area contributed by atoms with E-state index in [2.05, 4.69) is 15.2 Å². The molecule has 1 aromatic heterocycles. The van der Waals surface area contributed by atoms with Gasteiger partial charge in [-0.1, -0.05) is 23.2 Å². The molecule has 1 amide bonds. The van der Waals surface area contributed by atoms with E-state index in [4.69, 9.17) is 23.2 Å². The zero-order valence-corrected chi connectivity index (χ0v) is 13.0. The molecule has 0 radical (unpaired) electrons. The minimum atomic E-state index is 0.0495. The number of pyridine rings is 1. The van der Waals surface area contributed by atoms with Crippen LogP contribution in [0.3, 0.4) is 0 Å². The van der Waals surface area contributed by atoms with Crippen LogP contribution in [0.4, 0.5) is 0 Å². The molecule has 0 unspecified atom stereocenters. The molecule has 0 saturated carbocycles. The topological polar surface area (TPSA) is 45.2 Å². The monoisotopic (exact) mass is 315 g/mol. The lowest BCUT2D eigenvalue weighted by molar-refractivity contribution is -0.119. The van der Waals surface area contributed by atoms with Gasteiger partial charge in [0.25, 0.3) is 0 Å². The van der Waals surface area contributed by atoms with E-state index in [1.807, 2.05) is 12.1 Å². The number of carbonyl (C=O) groups excluding carboxylic acids is 1. The maximum Gasteiger partial charge on any atom is 0.216 e. The Hall–Kier alpha value is -0.840. The van der Waals surface area contributed by atoms with Crippen LogP contribution >= 0.6 is 23.2 Å². The number of aromatic nitrogens is 1. The second kappa shape index (κ2) is 7.25. The van der Waals surface area contributed by atoms with Gasteiger partial charge in [-0.05, 0) is 49.5 Å². The predicted octanol–water partition coefficient (Wildman–Crippen LogP) is 2.74. The Morgan fingerprint density at radius 3 is 2.50 bits per heavy atom. The van der Waals surface area contributed by atoms with Gasteiger partial charge in [-0.3, -0.25) is 9.69 Å². The minimum Gasteiger partial charge on any atom is -0.356 e. The predicted molar refractivity (Wildman–Crippen MR) is 80.9 cm³/mol. The molecule has 0 aliphatic carbocycles. The van der Waals surface area contributed by atoms with Gasteiger partial charge < -0.3 is 5.32 Å². The molecule has 20 heavy (non-hydrogen) atoms. The van der Waals surface area contributed by atoms with Crippen LogP contribution < -0.4 is 5.32 Å². The molecular weight excluding hydrogens is 297 g/mol. The third kappa shape index (κ3) is 4.93. The van der Waals surface area contributed by atoms with Gasteiger partial charge in [-0.2, -0.15) is 0 Å². The van der Waals surface area contributed by atoms with Crippen LogP contribution in [0, 0.1) is 5.92 Å². The first-order chi connectivity index (χ1) is 9.52. The van der Waals surface area contributed by atoms with Crippen LogP contribution in [-0.2, 0) is 11.3 Å². The van der Waals surface area contributed by atoms with Crippen molar-refractivity contribution in [2.45, 2.75) is 26.3 Å². The molecule has 1 aliphatic heterocycles. The Labute approximate surface area is 129 Å². The van der Waals surface area contributed by atoms with Gasteiger partial charge in [-0.25, -0.2) is 4.98 Å². The molecule has 1 aliphatic rings. The standard InChI is InChI=1S/C14H19Cl2N3O/c1-10(20)17-8-11-2-4-19(5-3-11)9-12-6-13(15)18-14(16)7-12/h6-7,11H,2-5,8-9H2,1H3,(H,17,20). The highest BCUT2D eigenvalue weighted by Gasteiger charge is 2.19. The number of hydrogen-bond donors (Lipinski definition) is 1. The number of likely N-dealkylation sites (tertiary alicyclic amines) is 1. The highest BCUT2D eigenvalue weighted by Crippen LogP contribution is 2.21. The Balaban J connectivity index is 1.80. The fourth-order valence-corrected chi connectivity index (χ4v) is 3.01. The van der Waals surface area contributed by atoms with E-state index >= 15 is 0 Å². The van der Waals surface area contributed by atoms with Crippen LogP contribution in [0.5, 0.6) is 0 Å². The van der Waals surface area contributed by atoms with Gasteiger partial charge in [0, 0.05) is 20.0 Å². The summed E-state index contributed by atoms with van der Waals surface area (Å²) < 4.78 is 0. The highest BCUT2D eigenvalue weighted by atomic mass is 35.5. The molecule has 1 N–H and O–H groups in total. The largest absolute Gasteiger partial charge is 0.356 e. The first-order valence-corrected chi connectivity index (χ1v) is 7.57. The van der Waals surface area contributed by atoms with Crippen LogP contribution in [-0.4, -0.2) is 35.4 Å². The molecule has 1 fully saturated rings. The Kier molecular flexibility index (Phi) is 5.64. The van der Waals surface area contributed by atoms with E-state index in [-0.39, 0.29) is 5.91 Å². The number of amides is 1. The summed E-state index contributed by atoms with van der Waals surface area (Å²) in [5.41, 5.74) is 1.09. The Morgan fingerprint density at radius 1 is 1.35 bits per heavy atom. The van der Waals surface area contributed by atoms with Crippen molar-refractivity contribution in [1.29, 1.82) is 0 Å². The fourth-order valence-electron chi connectivity index (χ4n) is 2.50. The highest BCUT2D eigenvalue weighted by molar-refractivity contribution is 6.32. The molecule has 1 saturated heterocycles. The van der Waals surface area contributed by atoms with Crippen molar-refractivity contribution < 1.29 is 4.79 Å². The van der Waals surface area contributed by atoms with Gasteiger partial charge >= 0.3 is 0 Å². The van der Waals surface area contributed by atoms with Gasteiger partial charge in [0.05, 0.1) is 0 Å². The van der Waals surface area contributed by atoms with E-state index in [0.29, 0.717) is 16.2 Å². The lowest BCUT2D eigenvalue weighted by Crippen LogP contribution is -2.37. The molecule has 1 aromatic rings. The third-order valence-electron chi connectivity index (χ3n) is 3.58. The van der Waals surface area contributed by atoms with E-state index < -0.39 is 0 Å². The lowest BCUT2D eigenvalue weighted by Gasteiger charge is -2.32. The molecule has 2 heterocycles. The number of halogens is 2. The third-order valence-corrected chi connectivity index (χ3v) is 3.96. The van der Waals surface area contributed by atoms with Gasteiger partial charge in [-0.15, -0.1) is 0 Å². The maximum absolute atomic E-state index is 10.9. The van der Waals surface area contributed by atoms with Crippen molar-refractivity contribution in [3.05, 3.63) is 28.0 Å². The van der Waals surface area contributed by atoms with E-state index in [9.17, 15) is 4.79 Å². The molecule has 0 aromatic carbocycles. The van der Waals surface area contributed by atoms with E-state index in [0.717, 1.165) is 44.6 Å². The molecule has 4 nitrogen and oxygen atoms in total. The van der Waals surface area contributed by atoms with Gasteiger partial charge in [0.1, 0.15) is 10.3 Å². The van der Waals surface area contributed by atoms with Crippen molar-refractivity contribution in [2.75, 3.05) is 19.6 Å². The quantitative estimate of drug-likeness (QED) is 0.869. The second-order valence-electron chi connectivity index (χ2n) is 5.28. The fraction of sp³-hybridized carbons (Fsp3) is 0.571. The molecular formula is C14H19Cl2N3O. The summed E-state index contributed by atoms with van der Waals surface area (Å²) in [6.07, 6.45) is 2.21. The van der Waals surface area contributed by atoms with Crippen molar-refractivity contribution >= 4 is 29.1 Å². The van der Waals surface area contributed by atoms with Gasteiger partial charge in [0.2, 0.25) is 5.91 Å².